The van der Waals surface area contributed by atoms with Gasteiger partial charge in [0.1, 0.15) is 17.4 Å². The van der Waals surface area contributed by atoms with E-state index in [1.54, 1.807) is 13.8 Å². The number of nitrogens with one attached hydrogen (secondary N) is 1. The molecule has 2 atom stereocenters. The fourth-order valence-corrected chi connectivity index (χ4v) is 2.70. The predicted octanol–water partition coefficient (Wildman–Crippen LogP) is 2.89. The molecule has 0 aliphatic carbocycles. The van der Waals surface area contributed by atoms with Gasteiger partial charge in [-0.2, -0.15) is 0 Å². The molecule has 0 aromatic heterocycles. The van der Waals surface area contributed by atoms with E-state index in [9.17, 15) is 14.0 Å². The van der Waals surface area contributed by atoms with E-state index in [4.69, 9.17) is 11.6 Å². The second kappa shape index (κ2) is 5.64. The monoisotopic (exact) mass is 312 g/mol. The lowest BCUT2D eigenvalue weighted by Crippen LogP contribution is -2.69. The number of rotatable bonds is 3. The van der Waals surface area contributed by atoms with Crippen LogP contribution in [0.25, 0.3) is 0 Å². The van der Waals surface area contributed by atoms with Gasteiger partial charge in [0.15, 0.2) is 0 Å². The highest BCUT2D eigenvalue weighted by atomic mass is 35.5. The third kappa shape index (κ3) is 2.62. The first-order valence-electron chi connectivity index (χ1n) is 6.94. The molecule has 0 saturated carbocycles. The molecule has 0 radical (unpaired) electrons. The van der Waals surface area contributed by atoms with E-state index in [-0.39, 0.29) is 22.5 Å². The third-order valence-electron chi connectivity index (χ3n) is 3.97. The van der Waals surface area contributed by atoms with Gasteiger partial charge in [-0.15, -0.1) is 0 Å². The van der Waals surface area contributed by atoms with Crippen LogP contribution >= 0.6 is 11.6 Å². The van der Waals surface area contributed by atoms with E-state index in [2.05, 4.69) is 5.32 Å². The van der Waals surface area contributed by atoms with Crippen LogP contribution in [-0.2, 0) is 9.59 Å². The van der Waals surface area contributed by atoms with E-state index >= 15 is 0 Å². The molecule has 1 aromatic rings. The highest BCUT2D eigenvalue weighted by Crippen LogP contribution is 2.33. The molecule has 1 aromatic carbocycles. The van der Waals surface area contributed by atoms with Gasteiger partial charge >= 0.3 is 0 Å². The number of hydrogen-bond acceptors (Lipinski definition) is 2. The molecule has 0 bridgehead atoms. The van der Waals surface area contributed by atoms with E-state index in [1.807, 2.05) is 6.92 Å². The zero-order chi connectivity index (χ0) is 15.8. The number of nitrogens with zero attached hydrogens (tertiary/aromatic N) is 1. The minimum Gasteiger partial charge on any atom is -0.340 e. The van der Waals surface area contributed by atoms with E-state index < -0.39 is 17.4 Å². The number of carbonyl (C=O) groups excluding carboxylic acids is 2. The second-order valence-electron chi connectivity index (χ2n) is 5.37. The fraction of sp³-hybridized carbons (Fsp3) is 0.467. The van der Waals surface area contributed by atoms with Crippen LogP contribution in [0.1, 0.15) is 33.6 Å². The molecule has 21 heavy (non-hydrogen) atoms. The van der Waals surface area contributed by atoms with Crippen molar-refractivity contribution in [3.63, 3.8) is 0 Å². The Balaban J connectivity index is 2.57. The lowest BCUT2D eigenvalue weighted by atomic mass is 9.90. The number of benzene rings is 1. The summed E-state index contributed by atoms with van der Waals surface area (Å²) in [6.07, 6.45) is 0.863. The molecule has 1 aliphatic heterocycles. The first-order valence-corrected chi connectivity index (χ1v) is 7.32. The van der Waals surface area contributed by atoms with E-state index in [1.165, 1.54) is 23.1 Å². The zero-order valence-electron chi connectivity index (χ0n) is 12.2. The van der Waals surface area contributed by atoms with Gasteiger partial charge in [0.2, 0.25) is 5.91 Å². The van der Waals surface area contributed by atoms with Crippen LogP contribution < -0.4 is 10.2 Å². The summed E-state index contributed by atoms with van der Waals surface area (Å²) in [6, 6.07) is 3.12. The molecule has 1 heterocycles. The van der Waals surface area contributed by atoms with Gasteiger partial charge in [-0.25, -0.2) is 4.39 Å². The molecule has 4 nitrogen and oxygen atoms in total. The van der Waals surface area contributed by atoms with Crippen LogP contribution in [0, 0.1) is 5.82 Å². The Hall–Kier alpha value is -1.62. The Morgan fingerprint density at radius 2 is 2.05 bits per heavy atom. The highest BCUT2D eigenvalue weighted by Gasteiger charge is 2.47. The lowest BCUT2D eigenvalue weighted by molar-refractivity contribution is -0.138. The number of hydrogen-bond donors (Lipinski definition) is 1. The second-order valence-corrected chi connectivity index (χ2v) is 5.78. The van der Waals surface area contributed by atoms with E-state index in [0.29, 0.717) is 12.8 Å². The number of carbonyl (C=O) groups is 2. The molecule has 6 heteroatoms. The summed E-state index contributed by atoms with van der Waals surface area (Å²) in [5, 5.41) is 3.01. The topological polar surface area (TPSA) is 49.4 Å². The fourth-order valence-electron chi connectivity index (χ4n) is 2.49. The Kier molecular flexibility index (Phi) is 4.23. The van der Waals surface area contributed by atoms with Gasteiger partial charge in [0.25, 0.3) is 5.91 Å². The summed E-state index contributed by atoms with van der Waals surface area (Å²) in [5.74, 6) is -1.02. The smallest absolute Gasteiger partial charge is 0.253 e. The van der Waals surface area contributed by atoms with Gasteiger partial charge < -0.3 is 5.32 Å². The molecule has 2 unspecified atom stereocenters. The quantitative estimate of drug-likeness (QED) is 0.933. The lowest BCUT2D eigenvalue weighted by Gasteiger charge is -2.44. The SMILES string of the molecule is CCC1C(=O)NC(C)(CC)C(=O)N1c1cc(F)ccc1Cl. The molecule has 1 N–H and O–H groups in total. The largest absolute Gasteiger partial charge is 0.340 e. The van der Waals surface area contributed by atoms with Crippen molar-refractivity contribution in [3.8, 4) is 0 Å². The van der Waals surface area contributed by atoms with Gasteiger partial charge in [-0.1, -0.05) is 25.4 Å². The molecule has 114 valence electrons. The summed E-state index contributed by atoms with van der Waals surface area (Å²) >= 11 is 6.11. The maximum atomic E-state index is 13.5. The van der Waals surface area contributed by atoms with Crippen molar-refractivity contribution in [2.75, 3.05) is 4.90 Å². The Bertz CT molecular complexity index is 593. The normalized spacial score (nSPS) is 26.0. The molecule has 1 fully saturated rings. The third-order valence-corrected chi connectivity index (χ3v) is 4.29. The van der Waals surface area contributed by atoms with E-state index in [0.717, 1.165) is 0 Å². The van der Waals surface area contributed by atoms with Crippen molar-refractivity contribution < 1.29 is 14.0 Å². The van der Waals surface area contributed by atoms with Crippen molar-refractivity contribution >= 4 is 29.1 Å². The Morgan fingerprint density at radius 1 is 1.38 bits per heavy atom. The number of halogens is 2. The summed E-state index contributed by atoms with van der Waals surface area (Å²) in [5.41, 5.74) is -0.763. The van der Waals surface area contributed by atoms with Crippen LogP contribution in [0.5, 0.6) is 0 Å². The van der Waals surface area contributed by atoms with Gasteiger partial charge in [0, 0.05) is 0 Å². The average Bonchev–Trinajstić information content (AvgIpc) is 2.45. The van der Waals surface area contributed by atoms with Gasteiger partial charge in [-0.05, 0) is 38.0 Å². The van der Waals surface area contributed by atoms with Crippen molar-refractivity contribution in [1.29, 1.82) is 0 Å². The first kappa shape index (κ1) is 15.8. The van der Waals surface area contributed by atoms with Crippen molar-refractivity contribution in [2.24, 2.45) is 0 Å². The Labute approximate surface area is 128 Å². The van der Waals surface area contributed by atoms with Crippen molar-refractivity contribution in [1.82, 2.24) is 5.32 Å². The minimum absolute atomic E-state index is 0.239. The first-order chi connectivity index (χ1) is 9.84. The number of amides is 2. The van der Waals surface area contributed by atoms with Crippen molar-refractivity contribution in [3.05, 3.63) is 29.0 Å². The molecular formula is C15H18ClFN2O2. The molecule has 1 saturated heterocycles. The summed E-state index contributed by atoms with van der Waals surface area (Å²) in [4.78, 5) is 26.4. The molecule has 0 spiro atoms. The molecule has 1 aliphatic rings. The number of piperazine rings is 1. The van der Waals surface area contributed by atoms with Crippen molar-refractivity contribution in [2.45, 2.75) is 45.2 Å². The van der Waals surface area contributed by atoms with Gasteiger partial charge in [-0.3, -0.25) is 14.5 Å². The van der Waals surface area contributed by atoms with Crippen LogP contribution in [0.4, 0.5) is 10.1 Å². The molecule has 2 amide bonds. The Morgan fingerprint density at radius 3 is 2.62 bits per heavy atom. The minimum atomic E-state index is -1.00. The van der Waals surface area contributed by atoms with Crippen LogP contribution in [0.2, 0.25) is 5.02 Å². The standard InChI is InChI=1S/C15H18ClFN2O2/c1-4-11-13(20)18-15(3,5-2)14(21)19(11)12-8-9(17)6-7-10(12)16/h6-8,11H,4-5H2,1-3H3,(H,18,20). The highest BCUT2D eigenvalue weighted by molar-refractivity contribution is 6.34. The van der Waals surface area contributed by atoms with Crippen LogP contribution in [0.15, 0.2) is 18.2 Å². The maximum absolute atomic E-state index is 13.5. The molecular weight excluding hydrogens is 295 g/mol. The predicted molar refractivity (Wildman–Crippen MR) is 79.8 cm³/mol. The van der Waals surface area contributed by atoms with Gasteiger partial charge in [0.05, 0.1) is 10.7 Å². The summed E-state index contributed by atoms with van der Waals surface area (Å²) in [7, 11) is 0. The van der Waals surface area contributed by atoms with Crippen LogP contribution in [-0.4, -0.2) is 23.4 Å². The summed E-state index contributed by atoms with van der Waals surface area (Å²) in [6.45, 7) is 5.28. The zero-order valence-corrected chi connectivity index (χ0v) is 13.0. The van der Waals surface area contributed by atoms with Crippen LogP contribution in [0.3, 0.4) is 0 Å². The average molecular weight is 313 g/mol. The molecule has 2 rings (SSSR count). The maximum Gasteiger partial charge on any atom is 0.253 e. The summed E-state index contributed by atoms with van der Waals surface area (Å²) < 4.78 is 13.5. The number of anilines is 1.